The van der Waals surface area contributed by atoms with Crippen molar-refractivity contribution < 1.29 is 23.8 Å². The Balaban J connectivity index is 1.73. The second-order valence-corrected chi connectivity index (χ2v) is 5.79. The molecular weight excluding hydrogens is 358 g/mol. The van der Waals surface area contributed by atoms with E-state index in [-0.39, 0.29) is 6.61 Å². The minimum absolute atomic E-state index is 0.299. The van der Waals surface area contributed by atoms with Crippen LogP contribution in [-0.2, 0) is 14.3 Å². The first kappa shape index (κ1) is 19.6. The number of carbonyl (C=O) groups excluding carboxylic acids is 2. The van der Waals surface area contributed by atoms with Gasteiger partial charge < -0.3 is 19.5 Å². The maximum absolute atomic E-state index is 11.8. The fourth-order valence-electron chi connectivity index (χ4n) is 2.04. The van der Waals surface area contributed by atoms with Crippen LogP contribution in [-0.4, -0.2) is 31.7 Å². The minimum Gasteiger partial charge on any atom is -0.494 e. The summed E-state index contributed by atoms with van der Waals surface area (Å²) in [5.74, 6) is 0.0874. The van der Waals surface area contributed by atoms with Gasteiger partial charge in [-0.15, -0.1) is 0 Å². The number of nitrogens with one attached hydrogen (secondary N) is 1. The molecule has 0 aliphatic carbocycles. The Morgan fingerprint density at radius 3 is 2.27 bits per heavy atom. The number of anilines is 1. The highest BCUT2D eigenvalue weighted by Crippen LogP contribution is 2.22. The molecule has 1 N–H and O–H groups in total. The lowest BCUT2D eigenvalue weighted by atomic mass is 10.2. The molecule has 2 aromatic rings. The highest BCUT2D eigenvalue weighted by molar-refractivity contribution is 6.33. The summed E-state index contributed by atoms with van der Waals surface area (Å²) < 4.78 is 15.5. The van der Waals surface area contributed by atoms with E-state index in [0.29, 0.717) is 28.8 Å². The fourth-order valence-corrected chi connectivity index (χ4v) is 2.32. The Morgan fingerprint density at radius 1 is 1.00 bits per heavy atom. The van der Waals surface area contributed by atoms with Gasteiger partial charge in [-0.05, 0) is 55.8 Å². The van der Waals surface area contributed by atoms with Gasteiger partial charge in [0.1, 0.15) is 11.5 Å². The fraction of sp³-hybridized carbons (Fsp3) is 0.263. The van der Waals surface area contributed by atoms with Gasteiger partial charge in [-0.25, -0.2) is 4.79 Å². The molecule has 0 heterocycles. The third-order valence-electron chi connectivity index (χ3n) is 3.25. The van der Waals surface area contributed by atoms with Crippen LogP contribution >= 0.6 is 11.6 Å². The second kappa shape index (κ2) is 9.68. The van der Waals surface area contributed by atoms with E-state index in [1.165, 1.54) is 0 Å². The topological polar surface area (TPSA) is 73.9 Å². The second-order valence-electron chi connectivity index (χ2n) is 5.39. The summed E-state index contributed by atoms with van der Waals surface area (Å²) in [4.78, 5) is 23.5. The van der Waals surface area contributed by atoms with Gasteiger partial charge in [-0.1, -0.05) is 17.7 Å². The largest absolute Gasteiger partial charge is 0.494 e. The van der Waals surface area contributed by atoms with Crippen molar-refractivity contribution in [3.8, 4) is 11.5 Å². The molecule has 0 spiro atoms. The molecule has 0 aliphatic heterocycles. The number of ether oxygens (including phenoxy) is 3. The third kappa shape index (κ3) is 6.29. The van der Waals surface area contributed by atoms with Gasteiger partial charge in [-0.2, -0.15) is 0 Å². The molecule has 0 unspecified atom stereocenters. The van der Waals surface area contributed by atoms with E-state index < -0.39 is 18.5 Å². The first-order valence-corrected chi connectivity index (χ1v) is 8.43. The van der Waals surface area contributed by atoms with E-state index in [9.17, 15) is 9.59 Å². The Kier molecular flexibility index (Phi) is 7.29. The van der Waals surface area contributed by atoms with Crippen LogP contribution in [0.4, 0.5) is 5.69 Å². The Hall–Kier alpha value is -2.73. The molecule has 0 fully saturated rings. The van der Waals surface area contributed by atoms with Crippen molar-refractivity contribution in [2.24, 2.45) is 0 Å². The van der Waals surface area contributed by atoms with Crippen molar-refractivity contribution >= 4 is 29.2 Å². The molecule has 0 saturated heterocycles. The number of hydrogen-bond donors (Lipinski definition) is 1. The summed E-state index contributed by atoms with van der Waals surface area (Å²) in [5.41, 5.74) is 1.44. The first-order valence-electron chi connectivity index (χ1n) is 8.05. The van der Waals surface area contributed by atoms with E-state index in [2.05, 4.69) is 5.32 Å². The summed E-state index contributed by atoms with van der Waals surface area (Å²) in [7, 11) is 0. The average molecular weight is 378 g/mol. The summed E-state index contributed by atoms with van der Waals surface area (Å²) in [6.45, 7) is 3.64. The highest BCUT2D eigenvalue weighted by atomic mass is 35.5. The van der Waals surface area contributed by atoms with Crippen LogP contribution < -0.4 is 14.8 Å². The number of benzene rings is 2. The van der Waals surface area contributed by atoms with Gasteiger partial charge in [0.25, 0.3) is 5.91 Å². The number of esters is 1. The number of carbonyl (C=O) groups is 2. The van der Waals surface area contributed by atoms with Gasteiger partial charge in [0.2, 0.25) is 0 Å². The first-order chi connectivity index (χ1) is 12.5. The zero-order chi connectivity index (χ0) is 18.9. The molecule has 0 radical (unpaired) electrons. The van der Waals surface area contributed by atoms with Gasteiger partial charge in [0.15, 0.2) is 13.2 Å². The smallest absolute Gasteiger partial charge is 0.344 e. The minimum atomic E-state index is -0.649. The molecular formula is C19H20ClNO5. The quantitative estimate of drug-likeness (QED) is 0.711. The third-order valence-corrected chi connectivity index (χ3v) is 3.57. The van der Waals surface area contributed by atoms with Crippen LogP contribution in [0.5, 0.6) is 11.5 Å². The summed E-state index contributed by atoms with van der Waals surface area (Å²) in [6.07, 6.45) is 0. The molecule has 2 aromatic carbocycles. The van der Waals surface area contributed by atoms with Crippen molar-refractivity contribution in [3.05, 3.63) is 53.1 Å². The van der Waals surface area contributed by atoms with Crippen LogP contribution in [0.25, 0.3) is 0 Å². The SMILES string of the molecule is CCOc1ccc(OCC(=O)OCC(=O)Nc2ccc(C)cc2Cl)cc1. The average Bonchev–Trinajstić information content (AvgIpc) is 2.62. The molecule has 2 rings (SSSR count). The van der Waals surface area contributed by atoms with Crippen LogP contribution in [0.2, 0.25) is 5.02 Å². The van der Waals surface area contributed by atoms with Crippen molar-refractivity contribution in [1.82, 2.24) is 0 Å². The van der Waals surface area contributed by atoms with Crippen LogP contribution in [0, 0.1) is 6.92 Å². The van der Waals surface area contributed by atoms with Crippen LogP contribution in [0.15, 0.2) is 42.5 Å². The molecule has 0 bridgehead atoms. The van der Waals surface area contributed by atoms with E-state index in [1.54, 1.807) is 36.4 Å². The standard InChI is InChI=1S/C19H20ClNO5/c1-3-24-14-5-7-15(8-6-14)25-12-19(23)26-11-18(22)21-17-9-4-13(2)10-16(17)20/h4-10H,3,11-12H2,1-2H3,(H,21,22). The lowest BCUT2D eigenvalue weighted by Gasteiger charge is -2.09. The molecule has 26 heavy (non-hydrogen) atoms. The molecule has 7 heteroatoms. The van der Waals surface area contributed by atoms with Gasteiger partial charge in [0.05, 0.1) is 17.3 Å². The molecule has 1 amide bonds. The molecule has 0 saturated carbocycles. The van der Waals surface area contributed by atoms with Crippen molar-refractivity contribution in [2.75, 3.05) is 25.1 Å². The Bertz CT molecular complexity index is 761. The van der Waals surface area contributed by atoms with E-state index in [4.69, 9.17) is 25.8 Å². The van der Waals surface area contributed by atoms with Crippen LogP contribution in [0.3, 0.4) is 0 Å². The zero-order valence-corrected chi connectivity index (χ0v) is 15.3. The molecule has 0 aromatic heterocycles. The number of aryl methyl sites for hydroxylation is 1. The molecule has 138 valence electrons. The Morgan fingerprint density at radius 2 is 1.65 bits per heavy atom. The van der Waals surface area contributed by atoms with Crippen molar-refractivity contribution in [3.63, 3.8) is 0 Å². The van der Waals surface area contributed by atoms with Gasteiger partial charge in [-0.3, -0.25) is 4.79 Å². The Labute approximate surface area is 157 Å². The highest BCUT2D eigenvalue weighted by Gasteiger charge is 2.10. The van der Waals surface area contributed by atoms with E-state index in [1.807, 2.05) is 19.9 Å². The predicted molar refractivity (Wildman–Crippen MR) is 98.9 cm³/mol. The molecule has 6 nitrogen and oxygen atoms in total. The van der Waals surface area contributed by atoms with Gasteiger partial charge >= 0.3 is 5.97 Å². The maximum atomic E-state index is 11.8. The van der Waals surface area contributed by atoms with E-state index >= 15 is 0 Å². The maximum Gasteiger partial charge on any atom is 0.344 e. The number of halogens is 1. The summed E-state index contributed by atoms with van der Waals surface area (Å²) in [6, 6.07) is 12.1. The molecule has 0 aliphatic rings. The molecule has 0 atom stereocenters. The number of rotatable bonds is 8. The van der Waals surface area contributed by atoms with E-state index in [0.717, 1.165) is 5.56 Å². The predicted octanol–water partition coefficient (Wildman–Crippen LogP) is 3.61. The number of amides is 1. The lowest BCUT2D eigenvalue weighted by Crippen LogP contribution is -2.23. The van der Waals surface area contributed by atoms with Crippen molar-refractivity contribution in [1.29, 1.82) is 0 Å². The van der Waals surface area contributed by atoms with Gasteiger partial charge in [0, 0.05) is 0 Å². The van der Waals surface area contributed by atoms with Crippen molar-refractivity contribution in [2.45, 2.75) is 13.8 Å². The van der Waals surface area contributed by atoms with Crippen LogP contribution in [0.1, 0.15) is 12.5 Å². The monoisotopic (exact) mass is 377 g/mol. The lowest BCUT2D eigenvalue weighted by molar-refractivity contribution is -0.149. The number of hydrogen-bond acceptors (Lipinski definition) is 5. The normalized spacial score (nSPS) is 10.1. The zero-order valence-electron chi connectivity index (χ0n) is 14.6. The summed E-state index contributed by atoms with van der Waals surface area (Å²) in [5, 5.41) is 3.00. The summed E-state index contributed by atoms with van der Waals surface area (Å²) >= 11 is 6.03.